The number of rotatable bonds is 3. The first kappa shape index (κ1) is 9.95. The molecule has 0 heterocycles. The molecular weight excluding hydrogens is 136 g/mol. The van der Waals surface area contributed by atoms with E-state index in [2.05, 4.69) is 11.6 Å². The molecule has 0 bridgehead atoms. The Labute approximate surface area is 68.9 Å². The second-order valence-corrected chi connectivity index (χ2v) is 2.60. The van der Waals surface area contributed by atoms with Gasteiger partial charge in [-0.3, -0.25) is 0 Å². The van der Waals surface area contributed by atoms with Gasteiger partial charge in [0.1, 0.15) is 5.82 Å². The lowest BCUT2D eigenvalue weighted by Crippen LogP contribution is -2.07. The maximum Gasteiger partial charge on any atom is 0.120 e. The van der Waals surface area contributed by atoms with Crippen molar-refractivity contribution in [3.8, 4) is 0 Å². The molecule has 0 rings (SSSR count). The molecule has 62 valence electrons. The van der Waals surface area contributed by atoms with Crippen LogP contribution in [0.2, 0.25) is 0 Å². The van der Waals surface area contributed by atoms with Crippen molar-refractivity contribution in [3.05, 3.63) is 24.0 Å². The smallest absolute Gasteiger partial charge is 0.120 e. The Hall–Kier alpha value is -1.05. The minimum absolute atomic E-state index is 0.770. The van der Waals surface area contributed by atoms with E-state index in [-0.39, 0.29) is 0 Å². The molecule has 0 fully saturated rings. The molecule has 0 aromatic heterocycles. The van der Waals surface area contributed by atoms with Gasteiger partial charge in [-0.1, -0.05) is 12.7 Å². The van der Waals surface area contributed by atoms with Crippen LogP contribution in [0.1, 0.15) is 13.8 Å². The third-order valence-electron chi connectivity index (χ3n) is 1.39. The first-order chi connectivity index (χ1) is 5.07. The van der Waals surface area contributed by atoms with Crippen LogP contribution in [-0.2, 0) is 0 Å². The molecule has 2 nitrogen and oxygen atoms in total. The van der Waals surface area contributed by atoms with Crippen LogP contribution in [0.5, 0.6) is 0 Å². The third-order valence-corrected chi connectivity index (χ3v) is 1.39. The van der Waals surface area contributed by atoms with Crippen LogP contribution < -0.4 is 0 Å². The highest BCUT2D eigenvalue weighted by atomic mass is 15.2. The van der Waals surface area contributed by atoms with Crippen molar-refractivity contribution in [2.24, 2.45) is 4.99 Å². The van der Waals surface area contributed by atoms with E-state index in [0.717, 1.165) is 11.4 Å². The molecule has 0 aliphatic heterocycles. The summed E-state index contributed by atoms with van der Waals surface area (Å²) >= 11 is 0. The molecule has 0 atom stereocenters. The largest absolute Gasteiger partial charge is 0.363 e. The normalized spacial score (nSPS) is 12.2. The molecule has 0 unspecified atom stereocenters. The molecule has 0 radical (unpaired) electrons. The Morgan fingerprint density at radius 3 is 2.36 bits per heavy atom. The minimum Gasteiger partial charge on any atom is -0.363 e. The summed E-state index contributed by atoms with van der Waals surface area (Å²) in [6, 6.07) is 0. The molecule has 0 N–H and O–H groups in total. The summed E-state index contributed by atoms with van der Waals surface area (Å²) < 4.78 is 0. The molecule has 0 amide bonds. The van der Waals surface area contributed by atoms with Crippen molar-refractivity contribution < 1.29 is 0 Å². The van der Waals surface area contributed by atoms with Crippen LogP contribution >= 0.6 is 0 Å². The monoisotopic (exact) mass is 152 g/mol. The Kier molecular flexibility index (Phi) is 4.27. The van der Waals surface area contributed by atoms with Gasteiger partial charge in [-0.15, -0.1) is 0 Å². The van der Waals surface area contributed by atoms with Gasteiger partial charge in [-0.05, 0) is 19.4 Å². The van der Waals surface area contributed by atoms with Gasteiger partial charge in [-0.2, -0.15) is 0 Å². The maximum atomic E-state index is 4.13. The number of hydrogen-bond donors (Lipinski definition) is 0. The van der Waals surface area contributed by atoms with Gasteiger partial charge >= 0.3 is 0 Å². The maximum absolute atomic E-state index is 4.13. The lowest BCUT2D eigenvalue weighted by atomic mass is 10.3. The van der Waals surface area contributed by atoms with Gasteiger partial charge in [0.25, 0.3) is 0 Å². The molecule has 0 saturated carbocycles. The first-order valence-electron chi connectivity index (χ1n) is 3.61. The predicted octanol–water partition coefficient (Wildman–Crippen LogP) is 2.06. The van der Waals surface area contributed by atoms with Gasteiger partial charge in [0.15, 0.2) is 0 Å². The second kappa shape index (κ2) is 4.72. The SMILES string of the molecule is C=C(/N=C\C(C)=C/C)N(C)C. The first-order valence-corrected chi connectivity index (χ1v) is 3.61. The standard InChI is InChI=1S/C9H16N2/c1-6-8(2)7-10-9(3)11(4)5/h6-7H,3H2,1-2,4-5H3/b8-6-,10-7-. The average molecular weight is 152 g/mol. The van der Waals surface area contributed by atoms with Crippen molar-refractivity contribution in [3.63, 3.8) is 0 Å². The summed E-state index contributed by atoms with van der Waals surface area (Å²) in [6.45, 7) is 7.75. The average Bonchev–Trinajstić information content (AvgIpc) is 1.99. The molecule has 0 aliphatic carbocycles. The summed E-state index contributed by atoms with van der Waals surface area (Å²) in [7, 11) is 3.84. The van der Waals surface area contributed by atoms with E-state index in [9.17, 15) is 0 Å². The zero-order valence-corrected chi connectivity index (χ0v) is 7.76. The number of nitrogens with zero attached hydrogens (tertiary/aromatic N) is 2. The number of hydrogen-bond acceptors (Lipinski definition) is 2. The predicted molar refractivity (Wildman–Crippen MR) is 50.8 cm³/mol. The van der Waals surface area contributed by atoms with Gasteiger partial charge in [0.05, 0.1) is 0 Å². The van der Waals surface area contributed by atoms with E-state index in [0.29, 0.717) is 0 Å². The molecule has 2 heteroatoms. The van der Waals surface area contributed by atoms with E-state index < -0.39 is 0 Å². The van der Waals surface area contributed by atoms with Crippen molar-refractivity contribution >= 4 is 6.21 Å². The van der Waals surface area contributed by atoms with Crippen molar-refractivity contribution in [2.45, 2.75) is 13.8 Å². The Balaban J connectivity index is 4.04. The van der Waals surface area contributed by atoms with Crippen molar-refractivity contribution in [1.29, 1.82) is 0 Å². The molecular formula is C9H16N2. The van der Waals surface area contributed by atoms with E-state index in [1.165, 1.54) is 0 Å². The summed E-state index contributed by atoms with van der Waals surface area (Å²) in [4.78, 5) is 6.01. The van der Waals surface area contributed by atoms with Crippen LogP contribution in [0.25, 0.3) is 0 Å². The summed E-state index contributed by atoms with van der Waals surface area (Å²) in [5.41, 5.74) is 1.15. The van der Waals surface area contributed by atoms with Gasteiger partial charge in [0.2, 0.25) is 0 Å². The van der Waals surface area contributed by atoms with E-state index in [1.54, 1.807) is 0 Å². The topological polar surface area (TPSA) is 15.6 Å². The lowest BCUT2D eigenvalue weighted by Gasteiger charge is -2.09. The summed E-state index contributed by atoms with van der Waals surface area (Å²) in [5, 5.41) is 0. The van der Waals surface area contributed by atoms with Crippen LogP contribution in [0.15, 0.2) is 29.0 Å². The molecule has 0 aliphatic rings. The molecule has 0 aromatic rings. The Morgan fingerprint density at radius 1 is 1.45 bits per heavy atom. The highest BCUT2D eigenvalue weighted by Gasteiger charge is 1.88. The molecule has 0 spiro atoms. The highest BCUT2D eigenvalue weighted by Crippen LogP contribution is 1.96. The highest BCUT2D eigenvalue weighted by molar-refractivity contribution is 5.78. The van der Waals surface area contributed by atoms with Crippen LogP contribution in [0.4, 0.5) is 0 Å². The van der Waals surface area contributed by atoms with E-state index >= 15 is 0 Å². The second-order valence-electron chi connectivity index (χ2n) is 2.60. The minimum atomic E-state index is 0.770. The van der Waals surface area contributed by atoms with E-state index in [4.69, 9.17) is 0 Å². The zero-order valence-electron chi connectivity index (χ0n) is 7.76. The van der Waals surface area contributed by atoms with Gasteiger partial charge < -0.3 is 4.90 Å². The fraction of sp³-hybridized carbons (Fsp3) is 0.444. The quantitative estimate of drug-likeness (QED) is 0.565. The molecule has 0 aromatic carbocycles. The third kappa shape index (κ3) is 4.37. The fourth-order valence-electron chi connectivity index (χ4n) is 0.366. The summed E-state index contributed by atoms with van der Waals surface area (Å²) in [6.07, 6.45) is 3.81. The lowest BCUT2D eigenvalue weighted by molar-refractivity contribution is 0.510. The fourth-order valence-corrected chi connectivity index (χ4v) is 0.366. The van der Waals surface area contributed by atoms with Gasteiger partial charge in [0, 0.05) is 20.3 Å². The Morgan fingerprint density at radius 2 is 2.00 bits per heavy atom. The molecule has 11 heavy (non-hydrogen) atoms. The van der Waals surface area contributed by atoms with E-state index in [1.807, 2.05) is 45.1 Å². The zero-order chi connectivity index (χ0) is 8.85. The molecule has 0 saturated heterocycles. The Bertz CT molecular complexity index is 188. The van der Waals surface area contributed by atoms with Crippen LogP contribution in [-0.4, -0.2) is 25.2 Å². The van der Waals surface area contributed by atoms with Crippen LogP contribution in [0, 0.1) is 0 Å². The number of allylic oxidation sites excluding steroid dienone is 2. The van der Waals surface area contributed by atoms with Crippen LogP contribution in [0.3, 0.4) is 0 Å². The summed E-state index contributed by atoms with van der Waals surface area (Å²) in [5.74, 6) is 0.770. The van der Waals surface area contributed by atoms with Crippen molar-refractivity contribution in [2.75, 3.05) is 14.1 Å². The van der Waals surface area contributed by atoms with Gasteiger partial charge in [-0.25, -0.2) is 4.99 Å². The van der Waals surface area contributed by atoms with Crippen molar-refractivity contribution in [1.82, 2.24) is 4.90 Å². The number of aliphatic imine (C=N–C) groups is 1.